The zero-order valence-electron chi connectivity index (χ0n) is 9.80. The number of halogens is 2. The van der Waals surface area contributed by atoms with Gasteiger partial charge in [-0.25, -0.2) is 0 Å². The van der Waals surface area contributed by atoms with Crippen LogP contribution in [0.5, 0.6) is 5.75 Å². The van der Waals surface area contributed by atoms with Crippen LogP contribution in [0.2, 0.25) is 10.0 Å². The third kappa shape index (κ3) is 4.84. The molecule has 0 aromatic heterocycles. The Bertz CT molecular complexity index is 396. The van der Waals surface area contributed by atoms with E-state index in [-0.39, 0.29) is 18.6 Å². The van der Waals surface area contributed by atoms with Gasteiger partial charge in [0.1, 0.15) is 5.75 Å². The molecule has 1 N–H and O–H groups in total. The zero-order valence-corrected chi connectivity index (χ0v) is 11.3. The first kappa shape index (κ1) is 14.1. The fourth-order valence-corrected chi connectivity index (χ4v) is 1.62. The molecule has 0 aliphatic heterocycles. The normalized spacial score (nSPS) is 12.0. The second-order valence-corrected chi connectivity index (χ2v) is 4.58. The molecule has 17 heavy (non-hydrogen) atoms. The highest BCUT2D eigenvalue weighted by Gasteiger charge is 2.08. The van der Waals surface area contributed by atoms with Gasteiger partial charge in [-0.05, 0) is 31.5 Å². The Morgan fingerprint density at radius 1 is 1.47 bits per heavy atom. The van der Waals surface area contributed by atoms with Crippen molar-refractivity contribution in [2.75, 3.05) is 6.61 Å². The van der Waals surface area contributed by atoms with Crippen LogP contribution in [-0.2, 0) is 4.79 Å². The van der Waals surface area contributed by atoms with Crippen molar-refractivity contribution < 1.29 is 9.53 Å². The van der Waals surface area contributed by atoms with Crippen LogP contribution in [-0.4, -0.2) is 18.6 Å². The molecule has 3 nitrogen and oxygen atoms in total. The monoisotopic (exact) mass is 275 g/mol. The molecular weight excluding hydrogens is 261 g/mol. The van der Waals surface area contributed by atoms with E-state index in [1.54, 1.807) is 18.2 Å². The van der Waals surface area contributed by atoms with Gasteiger partial charge in [-0.15, -0.1) is 0 Å². The Morgan fingerprint density at radius 3 is 2.76 bits per heavy atom. The lowest BCUT2D eigenvalue weighted by molar-refractivity contribution is -0.123. The van der Waals surface area contributed by atoms with Crippen molar-refractivity contribution in [3.8, 4) is 5.75 Å². The number of amides is 1. The second-order valence-electron chi connectivity index (χ2n) is 3.74. The summed E-state index contributed by atoms with van der Waals surface area (Å²) in [7, 11) is 0. The van der Waals surface area contributed by atoms with Crippen molar-refractivity contribution in [1.82, 2.24) is 5.32 Å². The summed E-state index contributed by atoms with van der Waals surface area (Å²) in [4.78, 5) is 11.5. The molecule has 0 spiro atoms. The lowest BCUT2D eigenvalue weighted by Crippen LogP contribution is -2.35. The molecule has 1 amide bonds. The van der Waals surface area contributed by atoms with Crippen molar-refractivity contribution >= 4 is 29.1 Å². The quantitative estimate of drug-likeness (QED) is 0.896. The SMILES string of the molecule is CC[C@H](C)NC(=O)COc1ccc(Cl)cc1Cl. The highest BCUT2D eigenvalue weighted by molar-refractivity contribution is 6.35. The van der Waals surface area contributed by atoms with Crippen molar-refractivity contribution in [2.24, 2.45) is 0 Å². The summed E-state index contributed by atoms with van der Waals surface area (Å²) < 4.78 is 5.30. The average molecular weight is 276 g/mol. The maximum absolute atomic E-state index is 11.5. The number of ether oxygens (including phenoxy) is 1. The maximum atomic E-state index is 11.5. The van der Waals surface area contributed by atoms with Gasteiger partial charge in [0.05, 0.1) is 5.02 Å². The number of carbonyl (C=O) groups excluding carboxylic acids is 1. The van der Waals surface area contributed by atoms with Crippen molar-refractivity contribution in [3.05, 3.63) is 28.2 Å². The highest BCUT2D eigenvalue weighted by Crippen LogP contribution is 2.27. The zero-order chi connectivity index (χ0) is 12.8. The van der Waals surface area contributed by atoms with Crippen molar-refractivity contribution in [2.45, 2.75) is 26.3 Å². The smallest absolute Gasteiger partial charge is 0.258 e. The van der Waals surface area contributed by atoms with Crippen LogP contribution >= 0.6 is 23.2 Å². The van der Waals surface area contributed by atoms with Crippen LogP contribution in [0.1, 0.15) is 20.3 Å². The second kappa shape index (κ2) is 6.72. The van der Waals surface area contributed by atoms with Crippen LogP contribution in [0.3, 0.4) is 0 Å². The molecule has 1 rings (SSSR count). The predicted molar refractivity (Wildman–Crippen MR) is 69.9 cm³/mol. The molecule has 0 unspecified atom stereocenters. The van der Waals surface area contributed by atoms with E-state index >= 15 is 0 Å². The average Bonchev–Trinajstić information content (AvgIpc) is 2.27. The number of benzene rings is 1. The van der Waals surface area contributed by atoms with Gasteiger partial charge in [0, 0.05) is 11.1 Å². The lowest BCUT2D eigenvalue weighted by Gasteiger charge is -2.12. The van der Waals surface area contributed by atoms with E-state index in [4.69, 9.17) is 27.9 Å². The summed E-state index contributed by atoms with van der Waals surface area (Å²) in [5, 5.41) is 3.73. The van der Waals surface area contributed by atoms with Crippen LogP contribution < -0.4 is 10.1 Å². The van der Waals surface area contributed by atoms with E-state index in [0.29, 0.717) is 15.8 Å². The summed E-state index contributed by atoms with van der Waals surface area (Å²) in [6.45, 7) is 3.89. The molecule has 0 aliphatic carbocycles. The van der Waals surface area contributed by atoms with Crippen LogP contribution in [0.15, 0.2) is 18.2 Å². The number of hydrogen-bond donors (Lipinski definition) is 1. The Balaban J connectivity index is 2.47. The minimum Gasteiger partial charge on any atom is -0.482 e. The standard InChI is InChI=1S/C12H15Cl2NO2/c1-3-8(2)15-12(16)7-17-11-5-4-9(13)6-10(11)14/h4-6,8H,3,7H2,1-2H3,(H,15,16)/t8-/m0/s1. The summed E-state index contributed by atoms with van der Waals surface area (Å²) in [5.74, 6) is 0.292. The van der Waals surface area contributed by atoms with Gasteiger partial charge in [0.15, 0.2) is 6.61 Å². The van der Waals surface area contributed by atoms with Gasteiger partial charge in [0.2, 0.25) is 0 Å². The lowest BCUT2D eigenvalue weighted by atomic mass is 10.2. The molecule has 0 bridgehead atoms. The van der Waals surface area contributed by atoms with E-state index in [1.807, 2.05) is 13.8 Å². The maximum Gasteiger partial charge on any atom is 0.258 e. The fraction of sp³-hybridized carbons (Fsp3) is 0.417. The highest BCUT2D eigenvalue weighted by atomic mass is 35.5. The predicted octanol–water partition coefficient (Wildman–Crippen LogP) is 3.29. The fourth-order valence-electron chi connectivity index (χ4n) is 1.15. The summed E-state index contributed by atoms with van der Waals surface area (Å²) in [5.41, 5.74) is 0. The van der Waals surface area contributed by atoms with Gasteiger partial charge in [-0.3, -0.25) is 4.79 Å². The minimum absolute atomic E-state index is 0.0499. The molecule has 1 aromatic carbocycles. The van der Waals surface area contributed by atoms with Crippen LogP contribution in [0.4, 0.5) is 0 Å². The topological polar surface area (TPSA) is 38.3 Å². The molecule has 1 atom stereocenters. The van der Waals surface area contributed by atoms with E-state index in [2.05, 4.69) is 5.32 Å². The Hall–Kier alpha value is -0.930. The Morgan fingerprint density at radius 2 is 2.18 bits per heavy atom. The van der Waals surface area contributed by atoms with E-state index in [0.717, 1.165) is 6.42 Å². The van der Waals surface area contributed by atoms with E-state index in [9.17, 15) is 4.79 Å². The molecule has 0 aliphatic rings. The molecule has 5 heteroatoms. The van der Waals surface area contributed by atoms with Crippen LogP contribution in [0, 0.1) is 0 Å². The third-order valence-corrected chi connectivity index (χ3v) is 2.80. The Kier molecular flexibility index (Phi) is 5.59. The van der Waals surface area contributed by atoms with Gasteiger partial charge < -0.3 is 10.1 Å². The van der Waals surface area contributed by atoms with E-state index < -0.39 is 0 Å². The first-order valence-corrected chi connectivity index (χ1v) is 6.15. The number of carbonyl (C=O) groups is 1. The molecule has 0 saturated carbocycles. The molecule has 94 valence electrons. The first-order chi connectivity index (χ1) is 8.02. The number of hydrogen-bond acceptors (Lipinski definition) is 2. The Labute approximate surface area is 111 Å². The molecule has 0 saturated heterocycles. The summed E-state index contributed by atoms with van der Waals surface area (Å²) >= 11 is 11.7. The third-order valence-electron chi connectivity index (χ3n) is 2.27. The van der Waals surface area contributed by atoms with Crippen molar-refractivity contribution in [3.63, 3.8) is 0 Å². The molecule has 0 radical (unpaired) electrons. The van der Waals surface area contributed by atoms with Gasteiger partial charge in [-0.2, -0.15) is 0 Å². The number of rotatable bonds is 5. The summed E-state index contributed by atoms with van der Waals surface area (Å²) in [6.07, 6.45) is 0.882. The molecule has 1 aromatic rings. The van der Waals surface area contributed by atoms with Crippen molar-refractivity contribution in [1.29, 1.82) is 0 Å². The van der Waals surface area contributed by atoms with Crippen LogP contribution in [0.25, 0.3) is 0 Å². The summed E-state index contributed by atoms with van der Waals surface area (Å²) in [6, 6.07) is 5.02. The first-order valence-electron chi connectivity index (χ1n) is 5.40. The molecule has 0 fully saturated rings. The van der Waals surface area contributed by atoms with Gasteiger partial charge in [0.25, 0.3) is 5.91 Å². The molecule has 0 heterocycles. The number of nitrogens with one attached hydrogen (secondary N) is 1. The van der Waals surface area contributed by atoms with Gasteiger partial charge >= 0.3 is 0 Å². The largest absolute Gasteiger partial charge is 0.482 e. The van der Waals surface area contributed by atoms with Gasteiger partial charge in [-0.1, -0.05) is 30.1 Å². The molecular formula is C12H15Cl2NO2. The minimum atomic E-state index is -0.162. The van der Waals surface area contributed by atoms with E-state index in [1.165, 1.54) is 0 Å².